The van der Waals surface area contributed by atoms with E-state index in [2.05, 4.69) is 0 Å². The van der Waals surface area contributed by atoms with E-state index in [1.807, 2.05) is 0 Å². The molecule has 0 aromatic heterocycles. The average Bonchev–Trinajstić information content (AvgIpc) is 1.95. The summed E-state index contributed by atoms with van der Waals surface area (Å²) in [4.78, 5) is 0. The molecule has 1 radical (unpaired) electrons. The van der Waals surface area contributed by atoms with Crippen LogP contribution in [0.1, 0.15) is 5.56 Å². The second-order valence-corrected chi connectivity index (χ2v) is 1.86. The van der Waals surface area contributed by atoms with Crippen LogP contribution >= 0.6 is 0 Å². The van der Waals surface area contributed by atoms with E-state index >= 15 is 0 Å². The molecule has 0 fully saturated rings. The second-order valence-electron chi connectivity index (χ2n) is 1.86. The number of hydrogen-bond donors (Lipinski definition) is 0. The predicted octanol–water partition coefficient (Wildman–Crippen LogP) is 1.90. The third kappa shape index (κ3) is 1.14. The monoisotopic (exact) mass is 143 g/mol. The normalized spacial score (nSPS) is 9.90. The third-order valence-corrected chi connectivity index (χ3v) is 1.19. The highest BCUT2D eigenvalue weighted by Crippen LogP contribution is 2.10. The maximum Gasteiger partial charge on any atom is 0.164 e. The summed E-state index contributed by atoms with van der Waals surface area (Å²) in [6.07, 6.45) is 0. The van der Waals surface area contributed by atoms with Gasteiger partial charge in [-0.1, -0.05) is 12.1 Å². The Bertz CT molecular complexity index is 235. The summed E-state index contributed by atoms with van der Waals surface area (Å²) in [7, 11) is 0. The number of halogens is 2. The van der Waals surface area contributed by atoms with Gasteiger partial charge in [-0.25, -0.2) is 13.9 Å². The Labute approximate surface area is 56.9 Å². The van der Waals surface area contributed by atoms with Crippen molar-refractivity contribution >= 4 is 0 Å². The Morgan fingerprint density at radius 1 is 1.30 bits per heavy atom. The molecule has 53 valence electrons. The Morgan fingerprint density at radius 2 is 2.00 bits per heavy atom. The molecule has 0 spiro atoms. The van der Waals surface area contributed by atoms with Crippen molar-refractivity contribution in [2.45, 2.75) is 6.61 Å². The molecular weight excluding hydrogens is 138 g/mol. The lowest BCUT2D eigenvalue weighted by Gasteiger charge is -1.95. The maximum atomic E-state index is 12.4. The number of rotatable bonds is 1. The molecule has 0 heterocycles. The molecule has 0 saturated carbocycles. The minimum Gasteiger partial charge on any atom is -0.231 e. The second kappa shape index (κ2) is 2.75. The molecule has 10 heavy (non-hydrogen) atoms. The van der Waals surface area contributed by atoms with Gasteiger partial charge in [-0.3, -0.25) is 0 Å². The molecule has 0 aliphatic heterocycles. The van der Waals surface area contributed by atoms with Gasteiger partial charge in [0.15, 0.2) is 11.6 Å². The minimum atomic E-state index is -1.03. The molecule has 0 aliphatic carbocycles. The first-order chi connectivity index (χ1) is 4.75. The summed E-state index contributed by atoms with van der Waals surface area (Å²) in [5.41, 5.74) is -0.125. The Hall–Kier alpha value is -0.960. The zero-order valence-electron chi connectivity index (χ0n) is 5.10. The minimum absolute atomic E-state index is 0.125. The fourth-order valence-corrected chi connectivity index (χ4v) is 0.660. The van der Waals surface area contributed by atoms with Crippen LogP contribution in [-0.4, -0.2) is 0 Å². The van der Waals surface area contributed by atoms with Crippen molar-refractivity contribution in [2.75, 3.05) is 0 Å². The summed E-state index contributed by atoms with van der Waals surface area (Å²) >= 11 is 0. The topological polar surface area (TPSA) is 19.9 Å². The van der Waals surface area contributed by atoms with E-state index in [-0.39, 0.29) is 5.56 Å². The van der Waals surface area contributed by atoms with Crippen molar-refractivity contribution in [3.63, 3.8) is 0 Å². The van der Waals surface area contributed by atoms with E-state index < -0.39 is 18.2 Å². The van der Waals surface area contributed by atoms with Crippen molar-refractivity contribution < 1.29 is 13.9 Å². The van der Waals surface area contributed by atoms with Gasteiger partial charge in [0.25, 0.3) is 0 Å². The molecule has 1 aromatic carbocycles. The zero-order valence-corrected chi connectivity index (χ0v) is 5.10. The first kappa shape index (κ1) is 7.15. The first-order valence-corrected chi connectivity index (χ1v) is 2.76. The third-order valence-electron chi connectivity index (χ3n) is 1.19. The van der Waals surface area contributed by atoms with Crippen molar-refractivity contribution in [3.8, 4) is 0 Å². The lowest BCUT2D eigenvalue weighted by atomic mass is 10.2. The van der Waals surface area contributed by atoms with Gasteiger partial charge in [0.1, 0.15) is 6.61 Å². The van der Waals surface area contributed by atoms with Crippen LogP contribution in [0.3, 0.4) is 0 Å². The van der Waals surface area contributed by atoms with Crippen LogP contribution in [0.2, 0.25) is 0 Å². The van der Waals surface area contributed by atoms with Gasteiger partial charge < -0.3 is 0 Å². The maximum absolute atomic E-state index is 12.4. The van der Waals surface area contributed by atoms with E-state index in [0.717, 1.165) is 6.07 Å². The summed E-state index contributed by atoms with van der Waals surface area (Å²) < 4.78 is 24.7. The quantitative estimate of drug-likeness (QED) is 0.572. The van der Waals surface area contributed by atoms with Crippen LogP contribution in [0.25, 0.3) is 0 Å². The molecule has 0 N–H and O–H groups in total. The molecular formula is C7H5F2O. The van der Waals surface area contributed by atoms with Crippen LogP contribution < -0.4 is 0 Å². The van der Waals surface area contributed by atoms with E-state index in [1.54, 1.807) is 0 Å². The van der Waals surface area contributed by atoms with Gasteiger partial charge in [-0.15, -0.1) is 0 Å². The van der Waals surface area contributed by atoms with Gasteiger partial charge in [-0.2, -0.15) is 0 Å². The molecule has 0 aliphatic rings. The fourth-order valence-electron chi connectivity index (χ4n) is 0.660. The highest BCUT2D eigenvalue weighted by atomic mass is 19.2. The van der Waals surface area contributed by atoms with Crippen molar-refractivity contribution in [1.82, 2.24) is 0 Å². The lowest BCUT2D eigenvalue weighted by Crippen LogP contribution is -1.91. The molecule has 0 atom stereocenters. The number of benzene rings is 1. The SMILES string of the molecule is [O]Cc1cccc(F)c1F. The van der Waals surface area contributed by atoms with Crippen molar-refractivity contribution in [2.24, 2.45) is 0 Å². The standard InChI is InChI=1S/C7H5F2O/c8-6-3-1-2-5(4-10)7(6)9/h1-3H,4H2. The molecule has 0 unspecified atom stereocenters. The van der Waals surface area contributed by atoms with Crippen molar-refractivity contribution in [1.29, 1.82) is 0 Å². The van der Waals surface area contributed by atoms with Gasteiger partial charge in [0.2, 0.25) is 0 Å². The molecule has 1 rings (SSSR count). The Morgan fingerprint density at radius 3 is 2.50 bits per heavy atom. The summed E-state index contributed by atoms with van der Waals surface area (Å²) in [6, 6.07) is 3.56. The number of hydrogen-bond acceptors (Lipinski definition) is 0. The predicted molar refractivity (Wildman–Crippen MR) is 30.7 cm³/mol. The highest BCUT2D eigenvalue weighted by Gasteiger charge is 2.05. The lowest BCUT2D eigenvalue weighted by molar-refractivity contribution is 0.173. The van der Waals surface area contributed by atoms with Crippen LogP contribution in [0.4, 0.5) is 8.78 Å². The van der Waals surface area contributed by atoms with Crippen molar-refractivity contribution in [3.05, 3.63) is 35.4 Å². The molecule has 0 amide bonds. The van der Waals surface area contributed by atoms with Gasteiger partial charge in [-0.05, 0) is 6.07 Å². The summed E-state index contributed by atoms with van der Waals surface area (Å²) in [5, 5.41) is 10.1. The van der Waals surface area contributed by atoms with Gasteiger partial charge in [0, 0.05) is 5.56 Å². The highest BCUT2D eigenvalue weighted by molar-refractivity contribution is 5.17. The molecule has 1 nitrogen and oxygen atoms in total. The Balaban J connectivity index is 3.14. The smallest absolute Gasteiger partial charge is 0.164 e. The van der Waals surface area contributed by atoms with E-state index in [4.69, 9.17) is 0 Å². The van der Waals surface area contributed by atoms with E-state index in [9.17, 15) is 13.9 Å². The largest absolute Gasteiger partial charge is 0.231 e. The molecule has 0 saturated heterocycles. The zero-order chi connectivity index (χ0) is 7.56. The van der Waals surface area contributed by atoms with Crippen LogP contribution in [0.15, 0.2) is 18.2 Å². The fraction of sp³-hybridized carbons (Fsp3) is 0.143. The molecule has 3 heteroatoms. The summed E-state index contributed by atoms with van der Waals surface area (Å²) in [6.45, 7) is -0.719. The molecule has 1 aromatic rings. The average molecular weight is 143 g/mol. The van der Waals surface area contributed by atoms with Gasteiger partial charge in [0.05, 0.1) is 0 Å². The van der Waals surface area contributed by atoms with Crippen LogP contribution in [0, 0.1) is 11.6 Å². The van der Waals surface area contributed by atoms with E-state index in [1.165, 1.54) is 12.1 Å². The van der Waals surface area contributed by atoms with Crippen LogP contribution in [-0.2, 0) is 11.7 Å². The first-order valence-electron chi connectivity index (χ1n) is 2.76. The molecule has 0 bridgehead atoms. The Kier molecular flexibility index (Phi) is 1.97. The van der Waals surface area contributed by atoms with E-state index in [0.29, 0.717) is 0 Å². The van der Waals surface area contributed by atoms with Gasteiger partial charge >= 0.3 is 0 Å². The van der Waals surface area contributed by atoms with Crippen LogP contribution in [0.5, 0.6) is 0 Å². The summed E-state index contributed by atoms with van der Waals surface area (Å²) in [5.74, 6) is -1.99.